The van der Waals surface area contributed by atoms with Crippen LogP contribution in [0.3, 0.4) is 0 Å². The Bertz CT molecular complexity index is 560. The average molecular weight is 319 g/mol. The highest BCUT2D eigenvalue weighted by molar-refractivity contribution is 9.10. The fourth-order valence-electron chi connectivity index (χ4n) is 1.31. The van der Waals surface area contributed by atoms with Gasteiger partial charge in [-0.05, 0) is 12.1 Å². The van der Waals surface area contributed by atoms with Crippen LogP contribution in [0.5, 0.6) is 5.75 Å². The molecule has 0 saturated carbocycles. The van der Waals surface area contributed by atoms with Crippen LogP contribution in [-0.2, 0) is 13.2 Å². The van der Waals surface area contributed by atoms with Gasteiger partial charge in [0, 0.05) is 17.1 Å². The average Bonchev–Trinajstić information content (AvgIpc) is 2.80. The first-order valence-corrected chi connectivity index (χ1v) is 5.81. The zero-order chi connectivity index (χ0) is 13.1. The lowest BCUT2D eigenvalue weighted by atomic mass is 10.3. The van der Waals surface area contributed by atoms with Gasteiger partial charge in [0.2, 0.25) is 5.82 Å². The van der Waals surface area contributed by atoms with E-state index in [1.54, 1.807) is 6.07 Å². The number of hydrogen-bond donors (Lipinski definition) is 1. The van der Waals surface area contributed by atoms with Crippen molar-refractivity contribution in [1.29, 1.82) is 0 Å². The highest BCUT2D eigenvalue weighted by Gasteiger charge is 2.12. The summed E-state index contributed by atoms with van der Waals surface area (Å²) in [5, 5.41) is 3.65. The smallest absolute Gasteiger partial charge is 0.200 e. The van der Waals surface area contributed by atoms with Gasteiger partial charge in [0.15, 0.2) is 17.3 Å². The van der Waals surface area contributed by atoms with Crippen LogP contribution in [0.25, 0.3) is 0 Å². The number of aromatic nitrogens is 1. The van der Waals surface area contributed by atoms with Crippen molar-refractivity contribution in [3.05, 3.63) is 45.8 Å². The number of nitrogens with zero attached hydrogens (tertiary/aromatic N) is 1. The molecule has 1 aromatic carbocycles. The van der Waals surface area contributed by atoms with Crippen LogP contribution < -0.4 is 10.5 Å². The van der Waals surface area contributed by atoms with Crippen molar-refractivity contribution in [2.45, 2.75) is 13.2 Å². The number of ether oxygens (including phenoxy) is 1. The van der Waals surface area contributed by atoms with Gasteiger partial charge in [-0.25, -0.2) is 4.39 Å². The largest absolute Gasteiger partial charge is 0.482 e. The van der Waals surface area contributed by atoms with Crippen LogP contribution in [0.15, 0.2) is 27.2 Å². The maximum atomic E-state index is 13.4. The molecule has 0 radical (unpaired) electrons. The molecule has 4 nitrogen and oxygen atoms in total. The van der Waals surface area contributed by atoms with Crippen molar-refractivity contribution in [2.75, 3.05) is 0 Å². The molecule has 0 atom stereocenters. The van der Waals surface area contributed by atoms with E-state index < -0.39 is 11.6 Å². The lowest BCUT2D eigenvalue weighted by molar-refractivity contribution is 0.237. The highest BCUT2D eigenvalue weighted by Crippen LogP contribution is 2.26. The Balaban J connectivity index is 2.10. The van der Waals surface area contributed by atoms with Crippen LogP contribution in [0.2, 0.25) is 0 Å². The Morgan fingerprint density at radius 2 is 2.11 bits per heavy atom. The quantitative estimate of drug-likeness (QED) is 0.880. The van der Waals surface area contributed by atoms with Gasteiger partial charge in [-0.1, -0.05) is 21.1 Å². The van der Waals surface area contributed by atoms with Gasteiger partial charge in [-0.3, -0.25) is 0 Å². The molecular formula is C11H9BrF2N2O2. The molecule has 1 aromatic heterocycles. The second kappa shape index (κ2) is 5.45. The normalized spacial score (nSPS) is 10.7. The third-order valence-electron chi connectivity index (χ3n) is 2.15. The zero-order valence-electron chi connectivity index (χ0n) is 9.12. The molecule has 0 saturated heterocycles. The summed E-state index contributed by atoms with van der Waals surface area (Å²) in [4.78, 5) is 0. The van der Waals surface area contributed by atoms with Crippen molar-refractivity contribution >= 4 is 15.9 Å². The molecule has 96 valence electrons. The van der Waals surface area contributed by atoms with Crippen LogP contribution >= 0.6 is 15.9 Å². The Morgan fingerprint density at radius 3 is 2.78 bits per heavy atom. The molecule has 0 aliphatic carbocycles. The first kappa shape index (κ1) is 13.0. The van der Waals surface area contributed by atoms with E-state index >= 15 is 0 Å². The summed E-state index contributed by atoms with van der Waals surface area (Å²) >= 11 is 3.05. The molecule has 0 aliphatic heterocycles. The number of benzene rings is 1. The summed E-state index contributed by atoms with van der Waals surface area (Å²) in [6.07, 6.45) is 0. The fraction of sp³-hybridized carbons (Fsp3) is 0.182. The summed E-state index contributed by atoms with van der Waals surface area (Å²) < 4.78 is 36.9. The van der Waals surface area contributed by atoms with E-state index in [1.807, 2.05) is 0 Å². The van der Waals surface area contributed by atoms with Crippen molar-refractivity contribution in [1.82, 2.24) is 5.16 Å². The van der Waals surface area contributed by atoms with Gasteiger partial charge in [0.1, 0.15) is 6.61 Å². The Kier molecular flexibility index (Phi) is 3.93. The minimum absolute atomic E-state index is 0.0557. The molecule has 1 heterocycles. The van der Waals surface area contributed by atoms with Crippen molar-refractivity contribution in [3.8, 4) is 5.75 Å². The van der Waals surface area contributed by atoms with E-state index in [9.17, 15) is 8.78 Å². The second-order valence-corrected chi connectivity index (χ2v) is 4.39. The van der Waals surface area contributed by atoms with Gasteiger partial charge in [-0.15, -0.1) is 0 Å². The second-order valence-electron chi connectivity index (χ2n) is 3.48. The van der Waals surface area contributed by atoms with Gasteiger partial charge in [0.05, 0.1) is 5.69 Å². The van der Waals surface area contributed by atoms with Gasteiger partial charge in [-0.2, -0.15) is 4.39 Å². The van der Waals surface area contributed by atoms with Crippen LogP contribution in [0.1, 0.15) is 11.5 Å². The number of hydrogen-bond acceptors (Lipinski definition) is 4. The molecule has 0 aliphatic rings. The topological polar surface area (TPSA) is 61.3 Å². The summed E-state index contributed by atoms with van der Waals surface area (Å²) in [7, 11) is 0. The maximum Gasteiger partial charge on any atom is 0.200 e. The molecule has 0 amide bonds. The number of rotatable bonds is 4. The first-order chi connectivity index (χ1) is 8.60. The third-order valence-corrected chi connectivity index (χ3v) is 2.60. The summed E-state index contributed by atoms with van der Waals surface area (Å²) in [5.74, 6) is -1.85. The lowest BCUT2D eigenvalue weighted by Crippen LogP contribution is -1.98. The third kappa shape index (κ3) is 2.85. The summed E-state index contributed by atoms with van der Waals surface area (Å²) in [6.45, 7) is 0.184. The van der Waals surface area contributed by atoms with Crippen LogP contribution in [0, 0.1) is 11.6 Å². The molecule has 0 bridgehead atoms. The molecule has 7 heteroatoms. The molecule has 2 rings (SSSR count). The number of halogens is 3. The Morgan fingerprint density at radius 1 is 1.33 bits per heavy atom. The fourth-order valence-corrected chi connectivity index (χ4v) is 1.72. The van der Waals surface area contributed by atoms with Crippen molar-refractivity contribution in [2.24, 2.45) is 5.73 Å². The van der Waals surface area contributed by atoms with Crippen molar-refractivity contribution < 1.29 is 18.0 Å². The Hall–Kier alpha value is -1.47. The van der Waals surface area contributed by atoms with E-state index in [1.165, 1.54) is 6.07 Å². The minimum Gasteiger partial charge on any atom is -0.482 e. The van der Waals surface area contributed by atoms with E-state index in [2.05, 4.69) is 21.1 Å². The van der Waals surface area contributed by atoms with E-state index in [4.69, 9.17) is 15.0 Å². The molecule has 2 aromatic rings. The number of nitrogens with two attached hydrogens (primary N) is 1. The molecule has 0 fully saturated rings. The Labute approximate surface area is 110 Å². The summed E-state index contributed by atoms with van der Waals surface area (Å²) in [5.41, 5.74) is 5.92. The van der Waals surface area contributed by atoms with Crippen molar-refractivity contribution in [3.63, 3.8) is 0 Å². The first-order valence-electron chi connectivity index (χ1n) is 5.02. The van der Waals surface area contributed by atoms with Gasteiger partial charge >= 0.3 is 0 Å². The predicted octanol–water partition coefficient (Wildman–Crippen LogP) is 2.75. The maximum absolute atomic E-state index is 13.4. The lowest BCUT2D eigenvalue weighted by Gasteiger charge is -2.06. The van der Waals surface area contributed by atoms with E-state index in [0.29, 0.717) is 15.9 Å². The molecule has 2 N–H and O–H groups in total. The highest BCUT2D eigenvalue weighted by atomic mass is 79.9. The van der Waals surface area contributed by atoms with Gasteiger partial charge < -0.3 is 15.0 Å². The molecule has 0 spiro atoms. The standard InChI is InChI=1S/C11H9BrF2N2O2/c12-6-1-9(13)11(14)10(2-6)17-5-8-3-7(4-15)16-18-8/h1-3H,4-5,15H2. The minimum atomic E-state index is -1.04. The summed E-state index contributed by atoms with van der Waals surface area (Å²) in [6, 6.07) is 3.94. The molecule has 0 unspecified atom stereocenters. The zero-order valence-corrected chi connectivity index (χ0v) is 10.7. The predicted molar refractivity (Wildman–Crippen MR) is 62.8 cm³/mol. The van der Waals surface area contributed by atoms with Crippen LogP contribution in [-0.4, -0.2) is 5.16 Å². The van der Waals surface area contributed by atoms with Crippen LogP contribution in [0.4, 0.5) is 8.78 Å². The molecule has 18 heavy (non-hydrogen) atoms. The van der Waals surface area contributed by atoms with E-state index in [-0.39, 0.29) is 18.9 Å². The monoisotopic (exact) mass is 318 g/mol. The van der Waals surface area contributed by atoms with E-state index in [0.717, 1.165) is 6.07 Å². The molecular weight excluding hydrogens is 310 g/mol. The van der Waals surface area contributed by atoms with Gasteiger partial charge in [0.25, 0.3) is 0 Å². The SMILES string of the molecule is NCc1cc(COc2cc(Br)cc(F)c2F)on1.